The Bertz CT molecular complexity index is 160. The van der Waals surface area contributed by atoms with Crippen molar-refractivity contribution < 1.29 is 17.7 Å². The minimum absolute atomic E-state index is 0.565. The molecule has 0 bridgehead atoms. The lowest BCUT2D eigenvalue weighted by Crippen LogP contribution is -2.22. The molecule has 4 nitrogen and oxygen atoms in total. The molecule has 62 valence electrons. The Labute approximate surface area is 60.9 Å². The molecule has 0 saturated carbocycles. The van der Waals surface area contributed by atoms with E-state index in [2.05, 4.69) is 6.92 Å². The van der Waals surface area contributed by atoms with Crippen LogP contribution in [0, 0.1) is 0 Å². The molecule has 1 atom stereocenters. The SMILES string of the molecule is CC1CCO1.CS(=O)(=O)O. The largest absolute Gasteiger partial charge is 0.378 e. The lowest BCUT2D eigenvalue weighted by molar-refractivity contribution is -0.0375. The van der Waals surface area contributed by atoms with E-state index < -0.39 is 10.1 Å². The van der Waals surface area contributed by atoms with Crippen LogP contribution >= 0.6 is 0 Å². The fourth-order valence-electron chi connectivity index (χ4n) is 0.354. The van der Waals surface area contributed by atoms with Gasteiger partial charge in [0, 0.05) is 6.61 Å². The van der Waals surface area contributed by atoms with Crippen molar-refractivity contribution in [3.63, 3.8) is 0 Å². The van der Waals surface area contributed by atoms with Crippen molar-refractivity contribution in [2.24, 2.45) is 0 Å². The Morgan fingerprint density at radius 3 is 1.80 bits per heavy atom. The molecule has 0 spiro atoms. The molecule has 0 amide bonds. The van der Waals surface area contributed by atoms with Crippen LogP contribution in [0.15, 0.2) is 0 Å². The van der Waals surface area contributed by atoms with Gasteiger partial charge in [-0.3, -0.25) is 4.55 Å². The van der Waals surface area contributed by atoms with Gasteiger partial charge in [0.1, 0.15) is 0 Å². The summed E-state index contributed by atoms with van der Waals surface area (Å²) in [6.07, 6.45) is 2.54. The van der Waals surface area contributed by atoms with Gasteiger partial charge in [-0.1, -0.05) is 0 Å². The maximum atomic E-state index is 9.19. The third kappa shape index (κ3) is 10.8. The summed E-state index contributed by atoms with van der Waals surface area (Å²) in [5.41, 5.74) is 0. The maximum absolute atomic E-state index is 9.19. The number of ether oxygens (including phenoxy) is 1. The molecule has 0 aromatic rings. The van der Waals surface area contributed by atoms with Crippen LogP contribution in [0.1, 0.15) is 13.3 Å². The van der Waals surface area contributed by atoms with E-state index >= 15 is 0 Å². The second-order valence-electron chi connectivity index (χ2n) is 2.20. The van der Waals surface area contributed by atoms with Crippen LogP contribution in [-0.2, 0) is 14.9 Å². The Balaban J connectivity index is 0.000000162. The standard InChI is InChI=1S/C4H8O.CH4O3S/c1-4-2-3-5-4;1-5(2,3)4/h4H,2-3H2,1H3;1H3,(H,2,3,4). The molecule has 1 aliphatic heterocycles. The quantitative estimate of drug-likeness (QED) is 0.528. The zero-order valence-corrected chi connectivity index (χ0v) is 6.89. The molecular weight excluding hydrogens is 156 g/mol. The molecule has 1 aliphatic rings. The van der Waals surface area contributed by atoms with Crippen molar-refractivity contribution in [3.8, 4) is 0 Å². The Kier molecular flexibility index (Phi) is 3.85. The average molecular weight is 168 g/mol. The summed E-state index contributed by atoms with van der Waals surface area (Å²) in [5, 5.41) is 0. The first-order chi connectivity index (χ1) is 4.39. The van der Waals surface area contributed by atoms with E-state index in [4.69, 9.17) is 9.29 Å². The zero-order chi connectivity index (χ0) is 8.20. The van der Waals surface area contributed by atoms with Gasteiger partial charge in [-0.2, -0.15) is 8.42 Å². The number of hydrogen-bond donors (Lipinski definition) is 1. The Morgan fingerprint density at radius 2 is 1.80 bits per heavy atom. The third-order valence-corrected chi connectivity index (χ3v) is 0.927. The molecule has 1 N–H and O–H groups in total. The summed E-state index contributed by atoms with van der Waals surface area (Å²) < 4.78 is 30.8. The second kappa shape index (κ2) is 3.90. The Morgan fingerprint density at radius 1 is 1.60 bits per heavy atom. The highest BCUT2D eigenvalue weighted by Gasteiger charge is 2.09. The highest BCUT2D eigenvalue weighted by atomic mass is 32.2. The van der Waals surface area contributed by atoms with Crippen LogP contribution in [0.2, 0.25) is 0 Å². The predicted molar refractivity (Wildman–Crippen MR) is 37.5 cm³/mol. The van der Waals surface area contributed by atoms with Gasteiger partial charge in [-0.05, 0) is 13.3 Å². The predicted octanol–water partition coefficient (Wildman–Crippen LogP) is 0.299. The lowest BCUT2D eigenvalue weighted by Gasteiger charge is -2.20. The Hall–Kier alpha value is -0.130. The first-order valence-corrected chi connectivity index (χ1v) is 4.78. The molecule has 1 rings (SSSR count). The number of rotatable bonds is 0. The molecule has 1 unspecified atom stereocenters. The van der Waals surface area contributed by atoms with E-state index in [0.29, 0.717) is 12.4 Å². The summed E-state index contributed by atoms with van der Waals surface area (Å²) in [7, 11) is -3.67. The summed E-state index contributed by atoms with van der Waals surface area (Å²) >= 11 is 0. The summed E-state index contributed by atoms with van der Waals surface area (Å²) in [5.74, 6) is 0. The summed E-state index contributed by atoms with van der Waals surface area (Å²) in [6, 6.07) is 0. The molecule has 5 heteroatoms. The topological polar surface area (TPSA) is 63.6 Å². The van der Waals surface area contributed by atoms with Gasteiger partial charge in [0.25, 0.3) is 10.1 Å². The monoisotopic (exact) mass is 168 g/mol. The zero-order valence-electron chi connectivity index (χ0n) is 6.07. The highest BCUT2D eigenvalue weighted by Crippen LogP contribution is 2.07. The molecule has 0 aromatic carbocycles. The fraction of sp³-hybridized carbons (Fsp3) is 1.00. The van der Waals surface area contributed by atoms with Crippen molar-refractivity contribution in [2.45, 2.75) is 19.4 Å². The van der Waals surface area contributed by atoms with Gasteiger partial charge in [-0.25, -0.2) is 0 Å². The third-order valence-electron chi connectivity index (χ3n) is 0.927. The van der Waals surface area contributed by atoms with Crippen LogP contribution in [-0.4, -0.2) is 31.9 Å². The molecule has 1 heterocycles. The van der Waals surface area contributed by atoms with Gasteiger partial charge in [0.05, 0.1) is 12.4 Å². The molecule has 1 fully saturated rings. The van der Waals surface area contributed by atoms with Gasteiger partial charge >= 0.3 is 0 Å². The molecule has 0 aromatic heterocycles. The molecule has 0 aliphatic carbocycles. The van der Waals surface area contributed by atoms with E-state index in [9.17, 15) is 8.42 Å². The number of hydrogen-bond acceptors (Lipinski definition) is 3. The van der Waals surface area contributed by atoms with Crippen LogP contribution in [0.4, 0.5) is 0 Å². The highest BCUT2D eigenvalue weighted by molar-refractivity contribution is 7.85. The molecule has 10 heavy (non-hydrogen) atoms. The smallest absolute Gasteiger partial charge is 0.261 e. The van der Waals surface area contributed by atoms with E-state index in [1.807, 2.05) is 0 Å². The van der Waals surface area contributed by atoms with Crippen LogP contribution < -0.4 is 0 Å². The first-order valence-electron chi connectivity index (χ1n) is 2.93. The van der Waals surface area contributed by atoms with Crippen LogP contribution in [0.25, 0.3) is 0 Å². The lowest BCUT2D eigenvalue weighted by atomic mass is 10.2. The minimum atomic E-state index is -3.67. The summed E-state index contributed by atoms with van der Waals surface area (Å²) in [4.78, 5) is 0. The van der Waals surface area contributed by atoms with Crippen molar-refractivity contribution in [3.05, 3.63) is 0 Å². The van der Waals surface area contributed by atoms with E-state index in [1.165, 1.54) is 6.42 Å². The van der Waals surface area contributed by atoms with Crippen LogP contribution in [0.3, 0.4) is 0 Å². The molecule has 1 saturated heterocycles. The van der Waals surface area contributed by atoms with Crippen molar-refractivity contribution in [2.75, 3.05) is 12.9 Å². The van der Waals surface area contributed by atoms with Gasteiger partial charge in [0.15, 0.2) is 0 Å². The van der Waals surface area contributed by atoms with Crippen molar-refractivity contribution in [1.82, 2.24) is 0 Å². The summed E-state index contributed by atoms with van der Waals surface area (Å²) in [6.45, 7) is 3.07. The van der Waals surface area contributed by atoms with Gasteiger partial charge in [0.2, 0.25) is 0 Å². The van der Waals surface area contributed by atoms with Gasteiger partial charge in [-0.15, -0.1) is 0 Å². The second-order valence-corrected chi connectivity index (χ2v) is 3.67. The molecule has 0 radical (unpaired) electrons. The normalized spacial score (nSPS) is 24.1. The van der Waals surface area contributed by atoms with Crippen molar-refractivity contribution >= 4 is 10.1 Å². The van der Waals surface area contributed by atoms with E-state index in [0.717, 1.165) is 6.61 Å². The van der Waals surface area contributed by atoms with E-state index in [1.54, 1.807) is 0 Å². The fourth-order valence-corrected chi connectivity index (χ4v) is 0.354. The minimum Gasteiger partial charge on any atom is -0.378 e. The van der Waals surface area contributed by atoms with Gasteiger partial charge < -0.3 is 4.74 Å². The van der Waals surface area contributed by atoms with Crippen LogP contribution in [0.5, 0.6) is 0 Å². The first kappa shape index (κ1) is 9.87. The van der Waals surface area contributed by atoms with Crippen molar-refractivity contribution in [1.29, 1.82) is 0 Å². The maximum Gasteiger partial charge on any atom is 0.261 e. The molecular formula is C5H12O4S. The van der Waals surface area contributed by atoms with E-state index in [-0.39, 0.29) is 0 Å². The average Bonchev–Trinajstić information content (AvgIpc) is 1.56.